The smallest absolute Gasteiger partial charge is 0.183 e. The minimum absolute atomic E-state index is 0.108. The first kappa shape index (κ1) is 19.2. The van der Waals surface area contributed by atoms with Crippen molar-refractivity contribution in [2.45, 2.75) is 19.9 Å². The van der Waals surface area contributed by atoms with E-state index in [-0.39, 0.29) is 18.0 Å². The van der Waals surface area contributed by atoms with Crippen molar-refractivity contribution in [3.63, 3.8) is 0 Å². The van der Waals surface area contributed by atoms with E-state index in [9.17, 15) is 24.5 Å². The number of hydrogen-bond acceptors (Lipinski definition) is 7. The van der Waals surface area contributed by atoms with Gasteiger partial charge >= 0.3 is 0 Å². The Bertz CT molecular complexity index is 929. The van der Waals surface area contributed by atoms with Crippen LogP contribution in [0.4, 0.5) is 11.4 Å². The van der Waals surface area contributed by atoms with E-state index in [0.29, 0.717) is 16.4 Å². The highest BCUT2D eigenvalue weighted by molar-refractivity contribution is 6.09. The lowest BCUT2D eigenvalue weighted by Gasteiger charge is -2.34. The van der Waals surface area contributed by atoms with Crippen molar-refractivity contribution in [2.24, 2.45) is 0 Å². The van der Waals surface area contributed by atoms with Crippen LogP contribution in [0.1, 0.15) is 24.2 Å². The zero-order valence-corrected chi connectivity index (χ0v) is 15.3. The molecule has 9 nitrogen and oxygen atoms in total. The fourth-order valence-electron chi connectivity index (χ4n) is 3.10. The van der Waals surface area contributed by atoms with Gasteiger partial charge in [-0.2, -0.15) is 0 Å². The molecule has 0 saturated carbocycles. The van der Waals surface area contributed by atoms with Crippen LogP contribution < -0.4 is 10.1 Å². The van der Waals surface area contributed by atoms with Gasteiger partial charge in [-0.25, -0.2) is 10.1 Å². The van der Waals surface area contributed by atoms with Gasteiger partial charge in [0.2, 0.25) is 0 Å². The number of nitrogens with zero attached hydrogens (tertiary/aromatic N) is 4. The molecule has 0 aromatic heterocycles. The molecule has 1 aliphatic heterocycles. The summed E-state index contributed by atoms with van der Waals surface area (Å²) in [5.74, 6) is -1.12. The Hall–Kier alpha value is -3.59. The van der Waals surface area contributed by atoms with E-state index < -0.39 is 22.6 Å². The molecule has 3 rings (SSSR count). The van der Waals surface area contributed by atoms with Gasteiger partial charge in [-0.05, 0) is 50.2 Å². The average molecular weight is 382 g/mol. The summed E-state index contributed by atoms with van der Waals surface area (Å²) in [7, 11) is 0. The molecule has 1 heterocycles. The number of nitro groups is 1. The number of benzene rings is 2. The van der Waals surface area contributed by atoms with Gasteiger partial charge in [-0.15, -0.1) is 0 Å². The maximum Gasteiger partial charge on any atom is 0.183 e. The van der Waals surface area contributed by atoms with Crippen LogP contribution in [0.25, 0.3) is 0 Å². The Kier molecular flexibility index (Phi) is 5.18. The number of anilines is 2. The van der Waals surface area contributed by atoms with E-state index in [4.69, 9.17) is 0 Å². The van der Waals surface area contributed by atoms with E-state index in [0.717, 1.165) is 5.12 Å². The normalized spacial score (nSPS) is 16.9. The molecule has 0 spiro atoms. The summed E-state index contributed by atoms with van der Waals surface area (Å²) in [5.41, 5.74) is 1.04. The number of carbonyl (C=O) groups is 3. The second kappa shape index (κ2) is 7.57. The number of para-hydroxylation sites is 1. The molecule has 0 bridgehead atoms. The number of hydrogen-bond donors (Lipinski definition) is 0. The van der Waals surface area contributed by atoms with Crippen molar-refractivity contribution in [2.75, 3.05) is 16.7 Å². The lowest BCUT2D eigenvalue weighted by atomic mass is 10.1. The SMILES string of the molecule is CC(=O)c1ccc(N(N2C(C(C)=O)C(=O)CN2c2ccccc2)[N+](=O)[O-])cc1. The first-order valence-corrected chi connectivity index (χ1v) is 8.51. The quantitative estimate of drug-likeness (QED) is 0.324. The molecule has 28 heavy (non-hydrogen) atoms. The van der Waals surface area contributed by atoms with Crippen molar-refractivity contribution in [1.29, 1.82) is 0 Å². The van der Waals surface area contributed by atoms with Crippen molar-refractivity contribution in [1.82, 2.24) is 5.12 Å². The van der Waals surface area contributed by atoms with Crippen molar-refractivity contribution < 1.29 is 19.4 Å². The molecular formula is C19H18N4O5. The topological polar surface area (TPSA) is 104 Å². The van der Waals surface area contributed by atoms with Gasteiger partial charge in [0.15, 0.2) is 28.4 Å². The Balaban J connectivity index is 2.10. The van der Waals surface area contributed by atoms with Crippen LogP contribution in [-0.2, 0) is 9.59 Å². The highest BCUT2D eigenvalue weighted by atomic mass is 16.7. The van der Waals surface area contributed by atoms with E-state index in [2.05, 4.69) is 0 Å². The van der Waals surface area contributed by atoms with Crippen molar-refractivity contribution in [3.05, 3.63) is 70.3 Å². The van der Waals surface area contributed by atoms with Gasteiger partial charge in [0.25, 0.3) is 0 Å². The summed E-state index contributed by atoms with van der Waals surface area (Å²) in [4.78, 5) is 48.1. The van der Waals surface area contributed by atoms with Gasteiger partial charge in [0, 0.05) is 10.7 Å². The Morgan fingerprint density at radius 1 is 1.07 bits per heavy atom. The number of rotatable bonds is 6. The van der Waals surface area contributed by atoms with E-state index >= 15 is 0 Å². The highest BCUT2D eigenvalue weighted by Gasteiger charge is 2.49. The lowest BCUT2D eigenvalue weighted by molar-refractivity contribution is -0.524. The van der Waals surface area contributed by atoms with Crippen LogP contribution in [0.15, 0.2) is 54.6 Å². The Morgan fingerprint density at radius 2 is 1.68 bits per heavy atom. The van der Waals surface area contributed by atoms with E-state index in [1.54, 1.807) is 30.3 Å². The lowest BCUT2D eigenvalue weighted by Crippen LogP contribution is -2.58. The van der Waals surface area contributed by atoms with Gasteiger partial charge in [0.1, 0.15) is 5.69 Å². The predicted molar refractivity (Wildman–Crippen MR) is 101 cm³/mol. The zero-order chi connectivity index (χ0) is 20.4. The number of carbonyl (C=O) groups excluding carboxylic acids is 3. The molecule has 0 amide bonds. The molecule has 0 aliphatic carbocycles. The molecule has 0 radical (unpaired) electrons. The van der Waals surface area contributed by atoms with Crippen molar-refractivity contribution >= 4 is 28.7 Å². The molecule has 144 valence electrons. The second-order valence-electron chi connectivity index (χ2n) is 6.32. The third kappa shape index (κ3) is 3.47. The predicted octanol–water partition coefficient (Wildman–Crippen LogP) is 2.07. The minimum atomic E-state index is -1.32. The number of Topliss-reactive ketones (excluding diaryl/α,β-unsaturated/α-hetero) is 3. The Labute approximate surface area is 160 Å². The molecule has 1 unspecified atom stereocenters. The van der Waals surface area contributed by atoms with Crippen LogP contribution in [-0.4, -0.2) is 40.1 Å². The highest BCUT2D eigenvalue weighted by Crippen LogP contribution is 2.29. The van der Waals surface area contributed by atoms with Crippen LogP contribution in [0, 0.1) is 10.1 Å². The third-order valence-corrected chi connectivity index (χ3v) is 4.38. The van der Waals surface area contributed by atoms with Gasteiger partial charge in [-0.1, -0.05) is 23.3 Å². The minimum Gasteiger partial charge on any atom is -0.298 e. The summed E-state index contributed by atoms with van der Waals surface area (Å²) < 4.78 is 0. The fraction of sp³-hybridized carbons (Fsp3) is 0.211. The second-order valence-corrected chi connectivity index (χ2v) is 6.32. The van der Waals surface area contributed by atoms with Crippen molar-refractivity contribution in [3.8, 4) is 0 Å². The summed E-state index contributed by atoms with van der Waals surface area (Å²) in [6.45, 7) is 2.44. The van der Waals surface area contributed by atoms with E-state index in [1.807, 2.05) is 0 Å². The largest absolute Gasteiger partial charge is 0.298 e. The molecule has 2 aromatic carbocycles. The first-order valence-electron chi connectivity index (χ1n) is 8.51. The van der Waals surface area contributed by atoms with Crippen LogP contribution >= 0.6 is 0 Å². The summed E-state index contributed by atoms with van der Waals surface area (Å²) >= 11 is 0. The van der Waals surface area contributed by atoms with Gasteiger partial charge < -0.3 is 0 Å². The molecule has 0 N–H and O–H groups in total. The van der Waals surface area contributed by atoms with Crippen LogP contribution in [0.3, 0.4) is 0 Å². The number of hydrazine groups is 3. The van der Waals surface area contributed by atoms with Gasteiger partial charge in [0.05, 0.1) is 12.2 Å². The fourth-order valence-corrected chi connectivity index (χ4v) is 3.10. The Morgan fingerprint density at radius 3 is 2.18 bits per heavy atom. The monoisotopic (exact) mass is 382 g/mol. The first-order chi connectivity index (χ1) is 13.3. The maximum absolute atomic E-state index is 12.5. The number of ketones is 3. The summed E-state index contributed by atoms with van der Waals surface area (Å²) in [6, 6.07) is 13.0. The van der Waals surface area contributed by atoms with E-state index in [1.165, 1.54) is 43.1 Å². The summed E-state index contributed by atoms with van der Waals surface area (Å²) in [6.07, 6.45) is 0. The third-order valence-electron chi connectivity index (χ3n) is 4.38. The zero-order valence-electron chi connectivity index (χ0n) is 15.3. The van der Waals surface area contributed by atoms with Crippen LogP contribution in [0.5, 0.6) is 0 Å². The molecule has 1 fully saturated rings. The maximum atomic E-state index is 12.5. The molecular weight excluding hydrogens is 364 g/mol. The molecule has 9 heteroatoms. The molecule has 1 aliphatic rings. The average Bonchev–Trinajstić information content (AvgIpc) is 3.00. The summed E-state index contributed by atoms with van der Waals surface area (Å²) in [5, 5.41) is 14.3. The molecule has 1 saturated heterocycles. The molecule has 1 atom stereocenters. The van der Waals surface area contributed by atoms with Gasteiger partial charge in [-0.3, -0.25) is 19.4 Å². The standard InChI is InChI=1S/C19H18N4O5/c1-13(24)15-8-10-17(11-9-15)21(23(27)28)22-19(14(2)25)18(26)12-20(22)16-6-4-3-5-7-16/h3-11,19H,12H2,1-2H3. The van der Waals surface area contributed by atoms with Crippen LogP contribution in [0.2, 0.25) is 0 Å². The molecule has 2 aromatic rings.